The number of fused-ring (bicyclic) bond motifs is 1. The maximum absolute atomic E-state index is 5.67. The number of ether oxygens (including phenoxy) is 4. The number of anilines is 1. The number of rotatable bonds is 6. The maximum Gasteiger partial charge on any atom is 0.248 e. The maximum atomic E-state index is 5.67. The Balaban J connectivity index is 1.84. The highest BCUT2D eigenvalue weighted by molar-refractivity contribution is 5.77. The number of allylic oxidation sites excluding steroid dienone is 1. The molecule has 2 heterocycles. The first kappa shape index (κ1) is 18.6. The van der Waals surface area contributed by atoms with Gasteiger partial charge in [-0.25, -0.2) is 0 Å². The number of nitrogens with zero attached hydrogens (tertiary/aromatic N) is 4. The second-order valence-corrected chi connectivity index (χ2v) is 6.25. The zero-order chi connectivity index (χ0) is 20.4. The molecule has 1 aromatic heterocycles. The standard InChI is InChI=1S/C20H21N5O4/c1-26-13-7-5-12(6-8-13)15-11-16(25-20(21-15)22-23-24-25)14-9-10-17(27-2)19(29-4)18(14)28-3/h5-11,16H,1-4H3,(H,21,22,24)/t16-/m1/s1. The lowest BCUT2D eigenvalue weighted by molar-refractivity contribution is 0.320. The molecule has 0 saturated carbocycles. The van der Waals surface area contributed by atoms with Crippen molar-refractivity contribution < 1.29 is 18.9 Å². The highest BCUT2D eigenvalue weighted by atomic mass is 16.5. The summed E-state index contributed by atoms with van der Waals surface area (Å²) in [6, 6.07) is 11.2. The number of methoxy groups -OCH3 is 4. The van der Waals surface area contributed by atoms with Crippen LogP contribution in [0.25, 0.3) is 5.70 Å². The molecule has 150 valence electrons. The number of hydrogen-bond donors (Lipinski definition) is 1. The van der Waals surface area contributed by atoms with E-state index in [1.165, 1.54) is 0 Å². The summed E-state index contributed by atoms with van der Waals surface area (Å²) in [5.74, 6) is 2.97. The van der Waals surface area contributed by atoms with Crippen molar-refractivity contribution in [2.45, 2.75) is 6.04 Å². The lowest BCUT2D eigenvalue weighted by Gasteiger charge is -2.25. The Morgan fingerprint density at radius 3 is 2.28 bits per heavy atom. The summed E-state index contributed by atoms with van der Waals surface area (Å²) in [5.41, 5.74) is 2.69. The lowest BCUT2D eigenvalue weighted by Crippen LogP contribution is -2.21. The molecule has 0 bridgehead atoms. The second-order valence-electron chi connectivity index (χ2n) is 6.25. The zero-order valence-electron chi connectivity index (χ0n) is 16.5. The van der Waals surface area contributed by atoms with E-state index in [9.17, 15) is 0 Å². The summed E-state index contributed by atoms with van der Waals surface area (Å²) in [4.78, 5) is 0. The van der Waals surface area contributed by atoms with Crippen molar-refractivity contribution >= 4 is 11.6 Å². The molecule has 0 fully saturated rings. The lowest BCUT2D eigenvalue weighted by atomic mass is 10.00. The summed E-state index contributed by atoms with van der Waals surface area (Å²) in [6.07, 6.45) is 2.04. The molecular weight excluding hydrogens is 374 g/mol. The van der Waals surface area contributed by atoms with Gasteiger partial charge in [-0.1, -0.05) is 5.10 Å². The number of nitrogens with one attached hydrogen (secondary N) is 1. The molecule has 2 aromatic carbocycles. The van der Waals surface area contributed by atoms with Gasteiger partial charge < -0.3 is 24.3 Å². The fourth-order valence-corrected chi connectivity index (χ4v) is 3.37. The van der Waals surface area contributed by atoms with Gasteiger partial charge in [0.05, 0.1) is 28.4 Å². The van der Waals surface area contributed by atoms with Crippen molar-refractivity contribution in [1.29, 1.82) is 0 Å². The van der Waals surface area contributed by atoms with E-state index in [2.05, 4.69) is 20.8 Å². The first-order valence-corrected chi connectivity index (χ1v) is 8.90. The molecule has 9 nitrogen and oxygen atoms in total. The van der Waals surface area contributed by atoms with Crippen molar-refractivity contribution in [3.8, 4) is 23.0 Å². The molecule has 9 heteroatoms. The number of benzene rings is 2. The molecule has 0 spiro atoms. The van der Waals surface area contributed by atoms with Crippen LogP contribution in [0.2, 0.25) is 0 Å². The topological polar surface area (TPSA) is 92.5 Å². The highest BCUT2D eigenvalue weighted by Gasteiger charge is 2.29. The minimum Gasteiger partial charge on any atom is -0.497 e. The van der Waals surface area contributed by atoms with Gasteiger partial charge >= 0.3 is 0 Å². The molecule has 0 unspecified atom stereocenters. The largest absolute Gasteiger partial charge is 0.497 e. The Labute approximate surface area is 167 Å². The van der Waals surface area contributed by atoms with Gasteiger partial charge in [0.15, 0.2) is 11.5 Å². The van der Waals surface area contributed by atoms with E-state index in [4.69, 9.17) is 18.9 Å². The number of aromatic nitrogens is 4. The first-order valence-electron chi connectivity index (χ1n) is 8.90. The van der Waals surface area contributed by atoms with E-state index in [1.807, 2.05) is 42.5 Å². The van der Waals surface area contributed by atoms with Crippen LogP contribution in [0.15, 0.2) is 42.5 Å². The van der Waals surface area contributed by atoms with Crippen molar-refractivity contribution in [2.24, 2.45) is 0 Å². The van der Waals surface area contributed by atoms with Crippen molar-refractivity contribution in [2.75, 3.05) is 33.8 Å². The second kappa shape index (κ2) is 7.70. The van der Waals surface area contributed by atoms with Gasteiger partial charge in [-0.15, -0.1) is 0 Å². The molecule has 1 N–H and O–H groups in total. The summed E-state index contributed by atoms with van der Waals surface area (Å²) in [6.45, 7) is 0. The molecule has 1 aliphatic rings. The molecular formula is C20H21N5O4. The third-order valence-corrected chi connectivity index (χ3v) is 4.78. The summed E-state index contributed by atoms with van der Waals surface area (Å²) < 4.78 is 23.5. The van der Waals surface area contributed by atoms with E-state index in [1.54, 1.807) is 33.1 Å². The van der Waals surface area contributed by atoms with Crippen LogP contribution >= 0.6 is 0 Å². The Hall–Kier alpha value is -3.75. The van der Waals surface area contributed by atoms with Crippen LogP contribution in [0.5, 0.6) is 23.0 Å². The Morgan fingerprint density at radius 2 is 1.62 bits per heavy atom. The Morgan fingerprint density at radius 1 is 0.862 bits per heavy atom. The zero-order valence-corrected chi connectivity index (χ0v) is 16.5. The smallest absolute Gasteiger partial charge is 0.248 e. The van der Waals surface area contributed by atoms with Crippen LogP contribution in [0.4, 0.5) is 5.95 Å². The fourth-order valence-electron chi connectivity index (χ4n) is 3.37. The molecule has 0 aliphatic carbocycles. The number of tetrazole rings is 1. The van der Waals surface area contributed by atoms with Gasteiger partial charge in [0, 0.05) is 11.3 Å². The number of hydrogen-bond acceptors (Lipinski definition) is 8. The first-order chi connectivity index (χ1) is 14.2. The molecule has 4 rings (SSSR count). The minimum atomic E-state index is -0.312. The van der Waals surface area contributed by atoms with Gasteiger partial charge in [0.25, 0.3) is 0 Å². The predicted molar refractivity (Wildman–Crippen MR) is 107 cm³/mol. The van der Waals surface area contributed by atoms with Crippen molar-refractivity contribution in [3.63, 3.8) is 0 Å². The van der Waals surface area contributed by atoms with Crippen LogP contribution in [-0.2, 0) is 0 Å². The van der Waals surface area contributed by atoms with E-state index in [-0.39, 0.29) is 6.04 Å². The van der Waals surface area contributed by atoms with Crippen LogP contribution in [0.1, 0.15) is 17.2 Å². The van der Waals surface area contributed by atoms with Gasteiger partial charge in [-0.05, 0) is 58.5 Å². The summed E-state index contributed by atoms with van der Waals surface area (Å²) in [7, 11) is 6.40. The van der Waals surface area contributed by atoms with E-state index in [0.29, 0.717) is 23.2 Å². The normalized spacial score (nSPS) is 15.0. The minimum absolute atomic E-state index is 0.312. The summed E-state index contributed by atoms with van der Waals surface area (Å²) in [5, 5.41) is 15.3. The molecule has 0 saturated heterocycles. The molecule has 3 aromatic rings. The third-order valence-electron chi connectivity index (χ3n) is 4.78. The van der Waals surface area contributed by atoms with Crippen LogP contribution in [0.3, 0.4) is 0 Å². The average Bonchev–Trinajstić information content (AvgIpc) is 3.26. The van der Waals surface area contributed by atoms with Gasteiger partial charge in [0.1, 0.15) is 11.8 Å². The Kier molecular flexibility index (Phi) is 4.94. The van der Waals surface area contributed by atoms with E-state index in [0.717, 1.165) is 22.6 Å². The molecule has 29 heavy (non-hydrogen) atoms. The van der Waals surface area contributed by atoms with Crippen molar-refractivity contribution in [1.82, 2.24) is 20.2 Å². The Bertz CT molecular complexity index is 1050. The molecule has 0 amide bonds. The van der Waals surface area contributed by atoms with Crippen molar-refractivity contribution in [3.05, 3.63) is 53.6 Å². The van der Waals surface area contributed by atoms with Gasteiger partial charge in [-0.3, -0.25) is 0 Å². The van der Waals surface area contributed by atoms with Crippen LogP contribution < -0.4 is 24.3 Å². The molecule has 0 radical (unpaired) electrons. The third kappa shape index (κ3) is 3.20. The van der Waals surface area contributed by atoms with E-state index >= 15 is 0 Å². The summed E-state index contributed by atoms with van der Waals surface area (Å²) >= 11 is 0. The fraction of sp³-hybridized carbons (Fsp3) is 0.250. The van der Waals surface area contributed by atoms with Gasteiger partial charge in [-0.2, -0.15) is 4.68 Å². The monoisotopic (exact) mass is 395 g/mol. The molecule has 1 atom stereocenters. The van der Waals surface area contributed by atoms with Gasteiger partial charge in [0.2, 0.25) is 11.7 Å². The highest BCUT2D eigenvalue weighted by Crippen LogP contribution is 2.44. The average molecular weight is 395 g/mol. The van der Waals surface area contributed by atoms with E-state index < -0.39 is 0 Å². The molecule has 1 aliphatic heterocycles. The SMILES string of the molecule is COc1ccc(C2=C[C@H](c3ccc(OC)c(OC)c3OC)n3nnnc3N2)cc1. The predicted octanol–water partition coefficient (Wildman–Crippen LogP) is 2.76. The quantitative estimate of drug-likeness (QED) is 0.681. The van der Waals surface area contributed by atoms with Crippen LogP contribution in [-0.4, -0.2) is 48.6 Å². The van der Waals surface area contributed by atoms with Crippen LogP contribution in [0, 0.1) is 0 Å².